The van der Waals surface area contributed by atoms with E-state index in [2.05, 4.69) is 5.10 Å². The Hall–Kier alpha value is -1.26. The molecule has 0 aromatic carbocycles. The summed E-state index contributed by atoms with van der Waals surface area (Å²) in [6, 6.07) is 0. The summed E-state index contributed by atoms with van der Waals surface area (Å²) >= 11 is 0. The maximum atomic E-state index is 12.1. The molecule has 1 heterocycles. The maximum absolute atomic E-state index is 12.1. The van der Waals surface area contributed by atoms with Gasteiger partial charge in [-0.1, -0.05) is 0 Å². The van der Waals surface area contributed by atoms with Crippen LogP contribution in [-0.2, 0) is 0 Å². The minimum Gasteiger partial charge on any atom is -0.273 e. The highest BCUT2D eigenvalue weighted by Crippen LogP contribution is 2.00. The standard InChI is InChI=1S/C5H4F2N2O/c1-3(10)9-2-4(6)5(7)8-9/h2H,1H3. The van der Waals surface area contributed by atoms with Crippen molar-refractivity contribution in [3.63, 3.8) is 0 Å². The fourth-order valence-corrected chi connectivity index (χ4v) is 0.493. The second kappa shape index (κ2) is 2.17. The molecule has 0 bridgehead atoms. The van der Waals surface area contributed by atoms with Gasteiger partial charge in [0.1, 0.15) is 0 Å². The summed E-state index contributed by atoms with van der Waals surface area (Å²) in [5.74, 6) is -2.90. The molecule has 0 spiro atoms. The number of hydrogen-bond donors (Lipinski definition) is 0. The second-order valence-corrected chi connectivity index (χ2v) is 1.73. The normalized spacial score (nSPS) is 9.90. The van der Waals surface area contributed by atoms with E-state index in [-0.39, 0.29) is 0 Å². The van der Waals surface area contributed by atoms with Gasteiger partial charge in [-0.15, -0.1) is 5.10 Å². The van der Waals surface area contributed by atoms with Gasteiger partial charge in [0.25, 0.3) is 5.95 Å². The van der Waals surface area contributed by atoms with Crippen molar-refractivity contribution in [1.82, 2.24) is 9.78 Å². The van der Waals surface area contributed by atoms with E-state index in [1.54, 1.807) is 0 Å². The summed E-state index contributed by atoms with van der Waals surface area (Å²) < 4.78 is 24.7. The fraction of sp³-hybridized carbons (Fsp3) is 0.200. The first-order valence-corrected chi connectivity index (χ1v) is 2.53. The molecule has 0 aliphatic rings. The van der Waals surface area contributed by atoms with E-state index >= 15 is 0 Å². The van der Waals surface area contributed by atoms with Crippen molar-refractivity contribution >= 4 is 5.91 Å². The van der Waals surface area contributed by atoms with Gasteiger partial charge in [0.05, 0.1) is 6.20 Å². The molecule has 3 nitrogen and oxygen atoms in total. The fourth-order valence-electron chi connectivity index (χ4n) is 0.493. The molecule has 0 aliphatic carbocycles. The Labute approximate surface area is 55.3 Å². The molecular weight excluding hydrogens is 142 g/mol. The topological polar surface area (TPSA) is 34.9 Å². The molecule has 1 aromatic heterocycles. The largest absolute Gasteiger partial charge is 0.273 e. The monoisotopic (exact) mass is 146 g/mol. The van der Waals surface area contributed by atoms with Gasteiger partial charge >= 0.3 is 0 Å². The van der Waals surface area contributed by atoms with Crippen LogP contribution in [0, 0.1) is 11.8 Å². The summed E-state index contributed by atoms with van der Waals surface area (Å²) in [4.78, 5) is 10.4. The van der Waals surface area contributed by atoms with E-state index in [4.69, 9.17) is 0 Å². The Bertz CT molecular complexity index is 249. The lowest BCUT2D eigenvalue weighted by atomic mass is 10.6. The Morgan fingerprint density at radius 3 is 2.50 bits per heavy atom. The van der Waals surface area contributed by atoms with Crippen LogP contribution >= 0.6 is 0 Å². The number of carbonyl (C=O) groups is 1. The van der Waals surface area contributed by atoms with Gasteiger partial charge in [-0.3, -0.25) is 4.79 Å². The molecule has 0 unspecified atom stereocenters. The molecular formula is C5H4F2N2O. The predicted octanol–water partition coefficient (Wildman–Crippen LogP) is 0.821. The Morgan fingerprint density at radius 2 is 2.30 bits per heavy atom. The molecule has 0 N–H and O–H groups in total. The molecule has 0 aliphatic heterocycles. The predicted molar refractivity (Wildman–Crippen MR) is 28.4 cm³/mol. The maximum Gasteiger partial charge on any atom is 0.268 e. The SMILES string of the molecule is CC(=O)n1cc(F)c(F)n1. The van der Waals surface area contributed by atoms with Gasteiger partial charge in [0.15, 0.2) is 5.82 Å². The number of nitrogens with zero attached hydrogens (tertiary/aromatic N) is 2. The number of hydrogen-bond acceptors (Lipinski definition) is 2. The minimum atomic E-state index is -1.25. The van der Waals surface area contributed by atoms with E-state index in [1.165, 1.54) is 0 Å². The molecule has 1 rings (SSSR count). The first-order valence-electron chi connectivity index (χ1n) is 2.53. The first-order chi connectivity index (χ1) is 4.61. The molecule has 0 amide bonds. The average Bonchev–Trinajstić information content (AvgIpc) is 2.13. The highest BCUT2D eigenvalue weighted by Gasteiger charge is 2.08. The number of aromatic nitrogens is 2. The summed E-state index contributed by atoms with van der Waals surface area (Å²) in [6.07, 6.45) is 0.692. The van der Waals surface area contributed by atoms with Crippen LogP contribution in [0.25, 0.3) is 0 Å². The van der Waals surface area contributed by atoms with Crippen LogP contribution in [0.4, 0.5) is 8.78 Å². The van der Waals surface area contributed by atoms with Crippen LogP contribution in [0.5, 0.6) is 0 Å². The third-order valence-electron chi connectivity index (χ3n) is 0.951. The zero-order valence-electron chi connectivity index (χ0n) is 5.14. The number of halogens is 2. The van der Waals surface area contributed by atoms with E-state index in [1.807, 2.05) is 0 Å². The van der Waals surface area contributed by atoms with Crippen molar-refractivity contribution in [3.8, 4) is 0 Å². The van der Waals surface area contributed by atoms with Gasteiger partial charge < -0.3 is 0 Å². The lowest BCUT2D eigenvalue weighted by molar-refractivity contribution is 0.0918. The van der Waals surface area contributed by atoms with Crippen LogP contribution in [0.3, 0.4) is 0 Å². The number of rotatable bonds is 0. The molecule has 0 fully saturated rings. The first kappa shape index (κ1) is 6.85. The zero-order valence-corrected chi connectivity index (χ0v) is 5.14. The zero-order chi connectivity index (χ0) is 7.72. The molecule has 0 radical (unpaired) electrons. The lowest BCUT2D eigenvalue weighted by Crippen LogP contribution is -2.05. The van der Waals surface area contributed by atoms with E-state index < -0.39 is 17.7 Å². The second-order valence-electron chi connectivity index (χ2n) is 1.73. The molecule has 5 heteroatoms. The highest BCUT2D eigenvalue weighted by atomic mass is 19.2. The van der Waals surface area contributed by atoms with Crippen molar-refractivity contribution in [1.29, 1.82) is 0 Å². The molecule has 54 valence electrons. The Kier molecular flexibility index (Phi) is 1.48. The van der Waals surface area contributed by atoms with Crippen LogP contribution in [0.2, 0.25) is 0 Å². The molecule has 0 saturated heterocycles. The van der Waals surface area contributed by atoms with E-state index in [0.29, 0.717) is 10.9 Å². The summed E-state index contributed by atoms with van der Waals surface area (Å²) in [5.41, 5.74) is 0. The van der Waals surface area contributed by atoms with E-state index in [0.717, 1.165) is 6.92 Å². The van der Waals surface area contributed by atoms with Crippen LogP contribution in [0.15, 0.2) is 6.20 Å². The van der Waals surface area contributed by atoms with Gasteiger partial charge in [-0.05, 0) is 0 Å². The van der Waals surface area contributed by atoms with Crippen molar-refractivity contribution < 1.29 is 13.6 Å². The summed E-state index contributed by atoms with van der Waals surface area (Å²) in [6.45, 7) is 1.16. The molecule has 0 atom stereocenters. The Balaban J connectivity index is 3.10. The lowest BCUT2D eigenvalue weighted by Gasteiger charge is -1.86. The summed E-state index contributed by atoms with van der Waals surface area (Å²) in [7, 11) is 0. The third kappa shape index (κ3) is 1.02. The van der Waals surface area contributed by atoms with Crippen molar-refractivity contribution in [2.75, 3.05) is 0 Å². The van der Waals surface area contributed by atoms with Crippen LogP contribution < -0.4 is 0 Å². The van der Waals surface area contributed by atoms with Crippen LogP contribution in [-0.4, -0.2) is 15.7 Å². The number of carbonyl (C=O) groups excluding carboxylic acids is 1. The van der Waals surface area contributed by atoms with E-state index in [9.17, 15) is 13.6 Å². The quantitative estimate of drug-likeness (QED) is 0.543. The molecule has 1 aromatic rings. The third-order valence-corrected chi connectivity index (χ3v) is 0.951. The molecule has 10 heavy (non-hydrogen) atoms. The van der Waals surface area contributed by atoms with Crippen molar-refractivity contribution in [2.24, 2.45) is 0 Å². The van der Waals surface area contributed by atoms with Crippen LogP contribution in [0.1, 0.15) is 11.7 Å². The van der Waals surface area contributed by atoms with Crippen molar-refractivity contribution in [3.05, 3.63) is 18.0 Å². The Morgan fingerprint density at radius 1 is 1.70 bits per heavy atom. The summed E-state index contributed by atoms with van der Waals surface area (Å²) in [5, 5.41) is 2.94. The highest BCUT2D eigenvalue weighted by molar-refractivity contribution is 5.74. The minimum absolute atomic E-state index is 0.525. The van der Waals surface area contributed by atoms with Gasteiger partial charge in [0.2, 0.25) is 5.91 Å². The van der Waals surface area contributed by atoms with Gasteiger partial charge in [-0.25, -0.2) is 9.07 Å². The average molecular weight is 146 g/mol. The smallest absolute Gasteiger partial charge is 0.268 e. The van der Waals surface area contributed by atoms with Crippen molar-refractivity contribution in [2.45, 2.75) is 6.92 Å². The van der Waals surface area contributed by atoms with Gasteiger partial charge in [-0.2, -0.15) is 4.39 Å². The molecule has 0 saturated carbocycles. The van der Waals surface area contributed by atoms with Gasteiger partial charge in [0, 0.05) is 6.92 Å².